The predicted molar refractivity (Wildman–Crippen MR) is 61.6 cm³/mol. The highest BCUT2D eigenvalue weighted by Crippen LogP contribution is 2.18. The topological polar surface area (TPSA) is 70.7 Å². The monoisotopic (exact) mass is 241 g/mol. The van der Waals surface area contributed by atoms with Gasteiger partial charge in [0.05, 0.1) is 13.2 Å². The molecule has 1 saturated heterocycles. The second kappa shape index (κ2) is 5.35. The Hall–Kier alpha value is -1.30. The fourth-order valence-electron chi connectivity index (χ4n) is 1.77. The molecule has 2 aliphatic rings. The maximum absolute atomic E-state index is 12.0. The number of carbonyl (C=O) groups excluding carboxylic acids is 2. The number of carbonyl (C=O) groups is 2. The molecule has 2 N–H and O–H groups in total. The molecular weight excluding hydrogens is 222 g/mol. The van der Waals surface area contributed by atoms with E-state index in [2.05, 4.69) is 10.6 Å². The number of amides is 3. The molecule has 1 saturated carbocycles. The summed E-state index contributed by atoms with van der Waals surface area (Å²) in [5.74, 6) is -0.0424. The largest absolute Gasteiger partial charge is 0.378 e. The van der Waals surface area contributed by atoms with Gasteiger partial charge in [-0.25, -0.2) is 4.79 Å². The van der Waals surface area contributed by atoms with Crippen LogP contribution in [0.15, 0.2) is 0 Å². The third-order valence-electron chi connectivity index (χ3n) is 2.95. The summed E-state index contributed by atoms with van der Waals surface area (Å²) >= 11 is 0. The molecule has 3 amide bonds. The summed E-state index contributed by atoms with van der Waals surface area (Å²) < 4.78 is 5.18. The minimum atomic E-state index is -0.480. The van der Waals surface area contributed by atoms with Crippen molar-refractivity contribution in [1.29, 1.82) is 0 Å². The standard InChI is InChI=1S/C11H19N3O3/c1-8(12-11(16)13-9-2-3-9)10(15)14-4-6-17-7-5-14/h8-9H,2-7H2,1H3,(H2,12,13,16). The zero-order chi connectivity index (χ0) is 12.3. The van der Waals surface area contributed by atoms with Gasteiger partial charge in [-0.3, -0.25) is 4.79 Å². The highest BCUT2D eigenvalue weighted by Gasteiger charge is 2.27. The minimum Gasteiger partial charge on any atom is -0.378 e. The van der Waals surface area contributed by atoms with E-state index >= 15 is 0 Å². The van der Waals surface area contributed by atoms with Gasteiger partial charge in [-0.05, 0) is 19.8 Å². The third kappa shape index (κ3) is 3.59. The second-order valence-electron chi connectivity index (χ2n) is 4.55. The van der Waals surface area contributed by atoms with Crippen LogP contribution in [-0.2, 0) is 9.53 Å². The van der Waals surface area contributed by atoms with Crippen molar-refractivity contribution in [3.8, 4) is 0 Å². The molecule has 6 nitrogen and oxygen atoms in total. The van der Waals surface area contributed by atoms with Gasteiger partial charge in [-0.15, -0.1) is 0 Å². The smallest absolute Gasteiger partial charge is 0.315 e. The molecule has 0 radical (unpaired) electrons. The Labute approximate surface area is 101 Å². The molecule has 17 heavy (non-hydrogen) atoms. The van der Waals surface area contributed by atoms with E-state index in [-0.39, 0.29) is 11.9 Å². The second-order valence-corrected chi connectivity index (χ2v) is 4.55. The van der Waals surface area contributed by atoms with Gasteiger partial charge < -0.3 is 20.3 Å². The van der Waals surface area contributed by atoms with E-state index in [9.17, 15) is 9.59 Å². The first-order chi connectivity index (χ1) is 8.16. The minimum absolute atomic E-state index is 0.0424. The summed E-state index contributed by atoms with van der Waals surface area (Å²) in [6.45, 7) is 4.08. The average molecular weight is 241 g/mol. The molecule has 2 rings (SSSR count). The molecule has 0 aromatic carbocycles. The molecule has 0 spiro atoms. The fourth-order valence-corrected chi connectivity index (χ4v) is 1.77. The van der Waals surface area contributed by atoms with Crippen LogP contribution in [0.25, 0.3) is 0 Å². The highest BCUT2D eigenvalue weighted by atomic mass is 16.5. The van der Waals surface area contributed by atoms with Crippen molar-refractivity contribution in [2.45, 2.75) is 31.8 Å². The van der Waals surface area contributed by atoms with Crippen LogP contribution in [0.1, 0.15) is 19.8 Å². The van der Waals surface area contributed by atoms with Crippen molar-refractivity contribution in [3.63, 3.8) is 0 Å². The lowest BCUT2D eigenvalue weighted by Gasteiger charge is -2.29. The molecule has 0 aromatic heterocycles. The number of hydrogen-bond donors (Lipinski definition) is 2. The van der Waals surface area contributed by atoms with Crippen LogP contribution in [0.4, 0.5) is 4.79 Å². The summed E-state index contributed by atoms with van der Waals surface area (Å²) in [7, 11) is 0. The van der Waals surface area contributed by atoms with Gasteiger partial charge in [0.25, 0.3) is 0 Å². The maximum Gasteiger partial charge on any atom is 0.315 e. The number of ether oxygens (including phenoxy) is 1. The summed E-state index contributed by atoms with van der Waals surface area (Å²) in [5, 5.41) is 5.46. The Balaban J connectivity index is 1.74. The maximum atomic E-state index is 12.0. The molecule has 1 aliphatic heterocycles. The van der Waals surface area contributed by atoms with Gasteiger partial charge in [0, 0.05) is 19.1 Å². The van der Waals surface area contributed by atoms with Crippen LogP contribution in [0.5, 0.6) is 0 Å². The zero-order valence-corrected chi connectivity index (χ0v) is 10.1. The summed E-state index contributed by atoms with van der Waals surface area (Å²) in [6.07, 6.45) is 2.08. The van der Waals surface area contributed by atoms with E-state index in [0.717, 1.165) is 12.8 Å². The Morgan fingerprint density at radius 3 is 2.53 bits per heavy atom. The van der Waals surface area contributed by atoms with Crippen molar-refractivity contribution in [3.05, 3.63) is 0 Å². The summed E-state index contributed by atoms with van der Waals surface area (Å²) in [5.41, 5.74) is 0. The van der Waals surface area contributed by atoms with Crippen LogP contribution in [0.2, 0.25) is 0 Å². The van der Waals surface area contributed by atoms with Crippen LogP contribution < -0.4 is 10.6 Å². The molecule has 0 aromatic rings. The van der Waals surface area contributed by atoms with E-state index in [1.807, 2.05) is 0 Å². The summed E-state index contributed by atoms with van der Waals surface area (Å²) in [4.78, 5) is 25.2. The zero-order valence-electron chi connectivity index (χ0n) is 10.1. The van der Waals surface area contributed by atoms with Crippen molar-refractivity contribution >= 4 is 11.9 Å². The number of nitrogens with one attached hydrogen (secondary N) is 2. The third-order valence-corrected chi connectivity index (χ3v) is 2.95. The van der Waals surface area contributed by atoms with Gasteiger partial charge >= 0.3 is 6.03 Å². The molecule has 96 valence electrons. The first-order valence-corrected chi connectivity index (χ1v) is 6.10. The van der Waals surface area contributed by atoms with Crippen molar-refractivity contribution < 1.29 is 14.3 Å². The van der Waals surface area contributed by atoms with Crippen LogP contribution in [0, 0.1) is 0 Å². The Morgan fingerprint density at radius 1 is 1.29 bits per heavy atom. The van der Waals surface area contributed by atoms with Crippen LogP contribution in [0.3, 0.4) is 0 Å². The Kier molecular flexibility index (Phi) is 3.83. The van der Waals surface area contributed by atoms with Gasteiger partial charge in [-0.1, -0.05) is 0 Å². The lowest BCUT2D eigenvalue weighted by Crippen LogP contribution is -2.52. The summed E-state index contributed by atoms with van der Waals surface area (Å²) in [6, 6.07) is -0.422. The van der Waals surface area contributed by atoms with Crippen molar-refractivity contribution in [2.75, 3.05) is 26.3 Å². The van der Waals surface area contributed by atoms with Gasteiger partial charge in [0.2, 0.25) is 5.91 Å². The number of nitrogens with zero attached hydrogens (tertiary/aromatic N) is 1. The average Bonchev–Trinajstić information content (AvgIpc) is 3.12. The SMILES string of the molecule is CC(NC(=O)NC1CC1)C(=O)N1CCOCC1. The number of urea groups is 1. The molecule has 0 bridgehead atoms. The first-order valence-electron chi connectivity index (χ1n) is 6.10. The van der Waals surface area contributed by atoms with Crippen LogP contribution in [-0.4, -0.2) is 55.2 Å². The molecular formula is C11H19N3O3. The Bertz CT molecular complexity index is 298. The number of morpholine rings is 1. The van der Waals surface area contributed by atoms with Gasteiger partial charge in [0.1, 0.15) is 6.04 Å². The van der Waals surface area contributed by atoms with Crippen molar-refractivity contribution in [2.24, 2.45) is 0 Å². The molecule has 1 atom stereocenters. The van der Waals surface area contributed by atoms with Crippen LogP contribution >= 0.6 is 0 Å². The lowest BCUT2D eigenvalue weighted by atomic mass is 10.2. The quantitative estimate of drug-likeness (QED) is 0.712. The molecule has 1 heterocycles. The molecule has 6 heteroatoms. The van der Waals surface area contributed by atoms with E-state index in [0.29, 0.717) is 32.3 Å². The predicted octanol–water partition coefficient (Wildman–Crippen LogP) is -0.305. The van der Waals surface area contributed by atoms with Crippen molar-refractivity contribution in [1.82, 2.24) is 15.5 Å². The molecule has 1 unspecified atom stereocenters. The molecule has 1 aliphatic carbocycles. The van der Waals surface area contributed by atoms with E-state index in [1.54, 1.807) is 11.8 Å². The van der Waals surface area contributed by atoms with E-state index < -0.39 is 6.04 Å². The Morgan fingerprint density at radius 2 is 1.94 bits per heavy atom. The highest BCUT2D eigenvalue weighted by molar-refractivity contribution is 5.86. The van der Waals surface area contributed by atoms with E-state index in [4.69, 9.17) is 4.74 Å². The normalized spacial score (nSPS) is 21.8. The number of hydrogen-bond acceptors (Lipinski definition) is 3. The van der Waals surface area contributed by atoms with Gasteiger partial charge in [-0.2, -0.15) is 0 Å². The van der Waals surface area contributed by atoms with E-state index in [1.165, 1.54) is 0 Å². The number of rotatable bonds is 3. The first kappa shape index (κ1) is 12.2. The lowest BCUT2D eigenvalue weighted by molar-refractivity contribution is -0.136. The molecule has 2 fully saturated rings. The fraction of sp³-hybridized carbons (Fsp3) is 0.818. The van der Waals surface area contributed by atoms with Gasteiger partial charge in [0.15, 0.2) is 0 Å².